The Morgan fingerprint density at radius 3 is 2.49 bits per heavy atom. The van der Waals surface area contributed by atoms with Crippen LogP contribution in [0.4, 0.5) is 5.69 Å². The van der Waals surface area contributed by atoms with Crippen molar-refractivity contribution in [1.29, 1.82) is 0 Å². The molecule has 0 aromatic heterocycles. The number of imide groups is 1. The number of likely N-dealkylation sites (tertiary alicyclic amines) is 1. The third-order valence-corrected chi connectivity index (χ3v) is 7.36. The van der Waals surface area contributed by atoms with Crippen molar-refractivity contribution in [2.75, 3.05) is 11.4 Å². The minimum absolute atomic E-state index is 0.0863. The van der Waals surface area contributed by atoms with Gasteiger partial charge in [0.25, 0.3) is 0 Å². The normalized spacial score (nSPS) is 24.9. The lowest BCUT2D eigenvalue weighted by molar-refractivity contribution is -0.139. The van der Waals surface area contributed by atoms with Crippen molar-refractivity contribution in [3.8, 4) is 5.75 Å². The van der Waals surface area contributed by atoms with Crippen LogP contribution in [0.25, 0.3) is 0 Å². The third-order valence-electron chi connectivity index (χ3n) is 7.36. The fourth-order valence-corrected chi connectivity index (χ4v) is 5.35. The Kier molecular flexibility index (Phi) is 6.01. The Morgan fingerprint density at radius 1 is 0.971 bits per heavy atom. The molecule has 0 radical (unpaired) electrons. The lowest BCUT2D eigenvalue weighted by Crippen LogP contribution is -2.31. The summed E-state index contributed by atoms with van der Waals surface area (Å²) in [6.07, 6.45) is 3.28. The Balaban J connectivity index is 1.27. The average Bonchev–Trinajstić information content (AvgIpc) is 3.36. The van der Waals surface area contributed by atoms with E-state index in [0.717, 1.165) is 11.1 Å². The van der Waals surface area contributed by atoms with Crippen LogP contribution in [0.2, 0.25) is 0 Å². The van der Waals surface area contributed by atoms with E-state index < -0.39 is 11.9 Å². The molecule has 3 amide bonds. The number of carbonyl (C=O) groups excluding carboxylic acids is 4. The van der Waals surface area contributed by atoms with Crippen molar-refractivity contribution >= 4 is 29.4 Å². The van der Waals surface area contributed by atoms with Gasteiger partial charge in [-0.2, -0.15) is 0 Å². The largest absolute Gasteiger partial charge is 0.426 e. The van der Waals surface area contributed by atoms with Crippen LogP contribution in [0.1, 0.15) is 44.7 Å². The van der Waals surface area contributed by atoms with Gasteiger partial charge in [0.15, 0.2) is 0 Å². The Hall–Kier alpha value is -3.74. The number of anilines is 1. The van der Waals surface area contributed by atoms with Crippen LogP contribution in [0.5, 0.6) is 5.75 Å². The Bertz CT molecular complexity index is 1220. The molecule has 2 aromatic rings. The molecule has 180 valence electrons. The highest BCUT2D eigenvalue weighted by molar-refractivity contribution is 6.22. The summed E-state index contributed by atoms with van der Waals surface area (Å²) in [6.45, 7) is 4.21. The molecule has 2 aliphatic heterocycles. The number of allylic oxidation sites excluding steroid dienone is 2. The third kappa shape index (κ3) is 4.27. The van der Waals surface area contributed by atoms with Crippen LogP contribution in [0.3, 0.4) is 0 Å². The number of amides is 3. The summed E-state index contributed by atoms with van der Waals surface area (Å²) in [5, 5.41) is 0. The smallest absolute Gasteiger partial charge is 0.316 e. The molecule has 5 rings (SSSR count). The fraction of sp³-hybridized carbons (Fsp3) is 0.357. The first kappa shape index (κ1) is 23.0. The minimum atomic E-state index is -0.579. The lowest BCUT2D eigenvalue weighted by atomic mass is 9.82. The van der Waals surface area contributed by atoms with E-state index in [2.05, 4.69) is 0 Å². The van der Waals surface area contributed by atoms with Crippen LogP contribution in [-0.4, -0.2) is 35.1 Å². The Morgan fingerprint density at radius 2 is 1.71 bits per heavy atom. The van der Waals surface area contributed by atoms with Crippen molar-refractivity contribution in [2.45, 2.75) is 39.2 Å². The second-order valence-corrected chi connectivity index (χ2v) is 9.67. The second-order valence-electron chi connectivity index (χ2n) is 9.67. The van der Waals surface area contributed by atoms with E-state index in [1.807, 2.05) is 50.3 Å². The fourth-order valence-electron chi connectivity index (χ4n) is 5.35. The SMILES string of the molecule is CC1=CC[C@@H]2C(=O)N(c3cccc(OC(=O)[C@@H]4CC(=O)N([C@H](C)c5ccccc5)C4)c3)C(=O)[C@H]2C1. The first-order chi connectivity index (χ1) is 16.8. The molecule has 3 aliphatic rings. The molecular formula is C28H28N2O5. The summed E-state index contributed by atoms with van der Waals surface area (Å²) in [6, 6.07) is 16.1. The predicted octanol–water partition coefficient (Wildman–Crippen LogP) is 4.05. The quantitative estimate of drug-likeness (QED) is 0.284. The van der Waals surface area contributed by atoms with Crippen LogP contribution in [0, 0.1) is 17.8 Å². The second kappa shape index (κ2) is 9.13. The number of nitrogens with zero attached hydrogens (tertiary/aromatic N) is 2. The van der Waals surface area contributed by atoms with Gasteiger partial charge >= 0.3 is 5.97 Å². The van der Waals surface area contributed by atoms with Gasteiger partial charge in [-0.05, 0) is 44.4 Å². The van der Waals surface area contributed by atoms with Gasteiger partial charge in [-0.1, -0.05) is 48.0 Å². The zero-order valence-corrected chi connectivity index (χ0v) is 19.8. The zero-order valence-electron chi connectivity index (χ0n) is 19.8. The van der Waals surface area contributed by atoms with Gasteiger partial charge in [0.1, 0.15) is 5.75 Å². The molecule has 0 spiro atoms. The summed E-state index contributed by atoms with van der Waals surface area (Å²) in [5.74, 6) is -1.99. The van der Waals surface area contributed by atoms with E-state index in [1.54, 1.807) is 29.2 Å². The van der Waals surface area contributed by atoms with Crippen molar-refractivity contribution in [3.63, 3.8) is 0 Å². The van der Waals surface area contributed by atoms with Gasteiger partial charge in [-0.25, -0.2) is 4.90 Å². The van der Waals surface area contributed by atoms with E-state index in [0.29, 0.717) is 18.5 Å². The molecule has 0 bridgehead atoms. The van der Waals surface area contributed by atoms with Crippen molar-refractivity contribution < 1.29 is 23.9 Å². The van der Waals surface area contributed by atoms with Gasteiger partial charge in [-0.15, -0.1) is 0 Å². The van der Waals surface area contributed by atoms with Gasteiger partial charge < -0.3 is 9.64 Å². The van der Waals surface area contributed by atoms with Gasteiger partial charge in [0.2, 0.25) is 17.7 Å². The van der Waals surface area contributed by atoms with Gasteiger partial charge in [0, 0.05) is 19.0 Å². The number of hydrogen-bond donors (Lipinski definition) is 0. The highest BCUT2D eigenvalue weighted by atomic mass is 16.5. The molecule has 0 unspecified atom stereocenters. The molecule has 2 fully saturated rings. The molecule has 1 aliphatic carbocycles. The molecule has 0 saturated carbocycles. The molecule has 7 nitrogen and oxygen atoms in total. The van der Waals surface area contributed by atoms with Crippen molar-refractivity contribution in [1.82, 2.24) is 4.90 Å². The minimum Gasteiger partial charge on any atom is -0.426 e. The lowest BCUT2D eigenvalue weighted by Gasteiger charge is -2.25. The maximum Gasteiger partial charge on any atom is 0.316 e. The van der Waals surface area contributed by atoms with E-state index in [-0.39, 0.29) is 54.3 Å². The number of hydrogen-bond acceptors (Lipinski definition) is 5. The maximum absolute atomic E-state index is 13.0. The summed E-state index contributed by atoms with van der Waals surface area (Å²) >= 11 is 0. The van der Waals surface area contributed by atoms with Gasteiger partial charge in [-0.3, -0.25) is 19.2 Å². The zero-order chi connectivity index (χ0) is 24.7. The molecule has 0 N–H and O–H groups in total. The summed E-state index contributed by atoms with van der Waals surface area (Å²) in [7, 11) is 0. The predicted molar refractivity (Wildman–Crippen MR) is 129 cm³/mol. The average molecular weight is 473 g/mol. The van der Waals surface area contributed by atoms with Crippen LogP contribution >= 0.6 is 0 Å². The number of rotatable bonds is 5. The number of esters is 1. The van der Waals surface area contributed by atoms with Gasteiger partial charge in [0.05, 0.1) is 29.5 Å². The molecule has 4 atom stereocenters. The molecular weight excluding hydrogens is 444 g/mol. The van der Waals surface area contributed by atoms with Crippen LogP contribution in [0.15, 0.2) is 66.2 Å². The molecule has 2 heterocycles. The van der Waals surface area contributed by atoms with Crippen LogP contribution in [-0.2, 0) is 19.2 Å². The molecule has 7 heteroatoms. The number of fused-ring (bicyclic) bond motifs is 1. The summed E-state index contributed by atoms with van der Waals surface area (Å²) in [5.41, 5.74) is 2.53. The monoisotopic (exact) mass is 472 g/mol. The first-order valence-electron chi connectivity index (χ1n) is 12.0. The topological polar surface area (TPSA) is 84.0 Å². The van der Waals surface area contributed by atoms with E-state index in [1.165, 1.54) is 4.90 Å². The van der Waals surface area contributed by atoms with E-state index in [4.69, 9.17) is 4.74 Å². The number of carbonyl (C=O) groups is 4. The van der Waals surface area contributed by atoms with E-state index >= 15 is 0 Å². The summed E-state index contributed by atoms with van der Waals surface area (Å²) < 4.78 is 5.61. The standard InChI is InChI=1S/C28H28N2O5/c1-17-11-12-23-24(13-17)27(33)30(26(23)32)21-9-6-10-22(15-21)35-28(34)20-14-25(31)29(16-20)18(2)19-7-4-3-5-8-19/h3-11,15,18,20,23-24H,12-14,16H2,1-2H3/t18-,20-,23+,24+/m1/s1. The van der Waals surface area contributed by atoms with Crippen molar-refractivity contribution in [2.24, 2.45) is 17.8 Å². The van der Waals surface area contributed by atoms with Crippen LogP contribution < -0.4 is 9.64 Å². The van der Waals surface area contributed by atoms with E-state index in [9.17, 15) is 19.2 Å². The first-order valence-corrected chi connectivity index (χ1v) is 12.0. The molecule has 2 saturated heterocycles. The van der Waals surface area contributed by atoms with Crippen molar-refractivity contribution in [3.05, 3.63) is 71.8 Å². The maximum atomic E-state index is 13.0. The molecule has 2 aromatic carbocycles. The highest BCUT2D eigenvalue weighted by Gasteiger charge is 2.48. The summed E-state index contributed by atoms with van der Waals surface area (Å²) in [4.78, 5) is 54.5. The highest BCUT2D eigenvalue weighted by Crippen LogP contribution is 2.40. The number of benzene rings is 2. The Labute approximate surface area is 204 Å². The molecule has 35 heavy (non-hydrogen) atoms. The number of ether oxygens (including phenoxy) is 1.